The molecule has 0 aliphatic heterocycles. The quantitative estimate of drug-likeness (QED) is 0.449. The van der Waals surface area contributed by atoms with E-state index in [1.165, 1.54) is 6.07 Å². The van der Waals surface area contributed by atoms with Gasteiger partial charge in [0.1, 0.15) is 0 Å². The third-order valence-electron chi connectivity index (χ3n) is 3.09. The summed E-state index contributed by atoms with van der Waals surface area (Å²) in [6.07, 6.45) is 1.95. The zero-order chi connectivity index (χ0) is 14.5. The van der Waals surface area contributed by atoms with Crippen molar-refractivity contribution in [2.45, 2.75) is 19.4 Å². The zero-order valence-corrected chi connectivity index (χ0v) is 10.9. The van der Waals surface area contributed by atoms with Crippen LogP contribution in [0.4, 0.5) is 10.1 Å². The van der Waals surface area contributed by atoms with E-state index >= 15 is 0 Å². The first-order valence-electron chi connectivity index (χ1n) is 6.49. The van der Waals surface area contributed by atoms with Crippen LogP contribution in [0.3, 0.4) is 0 Å². The molecule has 0 spiro atoms. The van der Waals surface area contributed by atoms with Crippen LogP contribution in [0, 0.1) is 21.8 Å². The van der Waals surface area contributed by atoms with Gasteiger partial charge in [-0.3, -0.25) is 14.9 Å². The van der Waals surface area contributed by atoms with Gasteiger partial charge in [-0.25, -0.2) is 0 Å². The van der Waals surface area contributed by atoms with Crippen LogP contribution in [0.1, 0.15) is 18.4 Å². The molecule has 6 nitrogen and oxygen atoms in total. The molecule has 0 unspecified atom stereocenters. The van der Waals surface area contributed by atoms with Crippen molar-refractivity contribution in [3.8, 4) is 0 Å². The molecule has 1 aliphatic carbocycles. The third-order valence-corrected chi connectivity index (χ3v) is 3.09. The first kappa shape index (κ1) is 14.4. The van der Waals surface area contributed by atoms with Crippen molar-refractivity contribution >= 4 is 11.6 Å². The van der Waals surface area contributed by atoms with Crippen LogP contribution in [0.2, 0.25) is 0 Å². The Hall–Kier alpha value is -2.02. The number of nitrogens with one attached hydrogen (secondary N) is 2. The molecule has 1 aromatic carbocycles. The number of rotatable bonds is 7. The lowest BCUT2D eigenvalue weighted by molar-refractivity contribution is -0.387. The summed E-state index contributed by atoms with van der Waals surface area (Å²) < 4.78 is 13.4. The number of hydrogen-bond acceptors (Lipinski definition) is 4. The van der Waals surface area contributed by atoms with Gasteiger partial charge in [-0.2, -0.15) is 4.39 Å². The lowest BCUT2D eigenvalue weighted by Crippen LogP contribution is -2.32. The Labute approximate surface area is 115 Å². The molecule has 7 heteroatoms. The Bertz CT molecular complexity index is 518. The average molecular weight is 281 g/mol. The number of nitro groups is 1. The van der Waals surface area contributed by atoms with Gasteiger partial charge < -0.3 is 10.6 Å². The van der Waals surface area contributed by atoms with Crippen molar-refractivity contribution in [3.63, 3.8) is 0 Å². The minimum Gasteiger partial charge on any atom is -0.355 e. The molecule has 0 saturated heterocycles. The molecule has 108 valence electrons. The predicted octanol–water partition coefficient (Wildman–Crippen LogP) is 1.35. The molecule has 1 fully saturated rings. The average Bonchev–Trinajstić information content (AvgIpc) is 3.22. The van der Waals surface area contributed by atoms with E-state index in [-0.39, 0.29) is 11.8 Å². The van der Waals surface area contributed by atoms with Gasteiger partial charge in [0.15, 0.2) is 0 Å². The summed E-state index contributed by atoms with van der Waals surface area (Å²) in [4.78, 5) is 21.0. The lowest BCUT2D eigenvalue weighted by Gasteiger charge is -2.06. The summed E-state index contributed by atoms with van der Waals surface area (Å²) in [6, 6.07) is 3.81. The number of benzene rings is 1. The number of carbonyl (C=O) groups is 1. The van der Waals surface area contributed by atoms with Gasteiger partial charge in [0.05, 0.1) is 4.92 Å². The largest absolute Gasteiger partial charge is 0.355 e. The summed E-state index contributed by atoms with van der Waals surface area (Å²) in [7, 11) is 0. The predicted molar refractivity (Wildman–Crippen MR) is 70.5 cm³/mol. The van der Waals surface area contributed by atoms with Crippen molar-refractivity contribution in [3.05, 3.63) is 39.7 Å². The molecule has 0 radical (unpaired) electrons. The second kappa shape index (κ2) is 6.42. The number of nitro benzene ring substituents is 1. The molecule has 0 atom stereocenters. The molecule has 2 rings (SSSR count). The maximum absolute atomic E-state index is 13.4. The van der Waals surface area contributed by atoms with E-state index in [0.717, 1.165) is 25.0 Å². The summed E-state index contributed by atoms with van der Waals surface area (Å²) in [5, 5.41) is 16.3. The summed E-state index contributed by atoms with van der Waals surface area (Å²) in [5.41, 5.74) is 0.104. The standard InChI is InChI=1S/C13H16FN3O3/c14-11-7-9(1-4-12(11)17(19)20)8-15-5-6-16-13(18)10-2-3-10/h1,4,7,10,15H,2-3,5-6,8H2,(H,16,18). The fourth-order valence-electron chi connectivity index (χ4n) is 1.81. The maximum Gasteiger partial charge on any atom is 0.304 e. The Morgan fingerprint density at radius 2 is 2.15 bits per heavy atom. The Morgan fingerprint density at radius 3 is 2.75 bits per heavy atom. The maximum atomic E-state index is 13.4. The lowest BCUT2D eigenvalue weighted by atomic mass is 10.2. The summed E-state index contributed by atoms with van der Waals surface area (Å²) in [5.74, 6) is -0.553. The van der Waals surface area contributed by atoms with Crippen LogP contribution in [-0.2, 0) is 11.3 Å². The van der Waals surface area contributed by atoms with Crippen molar-refractivity contribution < 1.29 is 14.1 Å². The molecule has 1 amide bonds. The molecule has 1 aliphatic rings. The molecule has 1 saturated carbocycles. The fraction of sp³-hybridized carbons (Fsp3) is 0.462. The van der Waals surface area contributed by atoms with Crippen molar-refractivity contribution in [1.29, 1.82) is 0 Å². The minimum absolute atomic E-state index is 0.0909. The summed E-state index contributed by atoms with van der Waals surface area (Å²) >= 11 is 0. The van der Waals surface area contributed by atoms with Crippen molar-refractivity contribution in [1.82, 2.24) is 10.6 Å². The second-order valence-electron chi connectivity index (χ2n) is 4.78. The van der Waals surface area contributed by atoms with Gasteiger partial charge in [-0.15, -0.1) is 0 Å². The molecule has 0 bridgehead atoms. The highest BCUT2D eigenvalue weighted by Gasteiger charge is 2.28. The molecule has 0 aromatic heterocycles. The highest BCUT2D eigenvalue weighted by atomic mass is 19.1. The SMILES string of the molecule is O=C(NCCNCc1ccc([N+](=O)[O-])c(F)c1)C1CC1. The highest BCUT2D eigenvalue weighted by Crippen LogP contribution is 2.28. The summed E-state index contributed by atoms with van der Waals surface area (Å²) in [6.45, 7) is 1.48. The molecule has 0 heterocycles. The van der Waals surface area contributed by atoms with E-state index in [9.17, 15) is 19.3 Å². The van der Waals surface area contributed by atoms with Crippen LogP contribution in [0.25, 0.3) is 0 Å². The molecule has 20 heavy (non-hydrogen) atoms. The smallest absolute Gasteiger partial charge is 0.304 e. The number of hydrogen-bond donors (Lipinski definition) is 2. The van der Waals surface area contributed by atoms with Crippen LogP contribution in [0.15, 0.2) is 18.2 Å². The van der Waals surface area contributed by atoms with E-state index in [1.807, 2.05) is 0 Å². The third kappa shape index (κ3) is 3.99. The Kier molecular flexibility index (Phi) is 4.62. The fourth-order valence-corrected chi connectivity index (χ4v) is 1.81. The highest BCUT2D eigenvalue weighted by molar-refractivity contribution is 5.80. The minimum atomic E-state index is -0.837. The topological polar surface area (TPSA) is 84.3 Å². The van der Waals surface area contributed by atoms with E-state index in [2.05, 4.69) is 10.6 Å². The number of halogens is 1. The van der Waals surface area contributed by atoms with Gasteiger partial charge in [-0.05, 0) is 24.5 Å². The van der Waals surface area contributed by atoms with Crippen molar-refractivity contribution in [2.75, 3.05) is 13.1 Å². The van der Waals surface area contributed by atoms with Gasteiger partial charge in [0.2, 0.25) is 11.7 Å². The van der Waals surface area contributed by atoms with Crippen LogP contribution in [-0.4, -0.2) is 23.9 Å². The van der Waals surface area contributed by atoms with E-state index in [4.69, 9.17) is 0 Å². The van der Waals surface area contributed by atoms with Crippen LogP contribution < -0.4 is 10.6 Å². The van der Waals surface area contributed by atoms with E-state index in [0.29, 0.717) is 25.2 Å². The van der Waals surface area contributed by atoms with Gasteiger partial charge in [-0.1, -0.05) is 6.07 Å². The Morgan fingerprint density at radius 1 is 1.40 bits per heavy atom. The van der Waals surface area contributed by atoms with Crippen molar-refractivity contribution in [2.24, 2.45) is 5.92 Å². The van der Waals surface area contributed by atoms with Crippen LogP contribution >= 0.6 is 0 Å². The van der Waals surface area contributed by atoms with Gasteiger partial charge in [0, 0.05) is 31.6 Å². The normalized spacial score (nSPS) is 14.1. The monoisotopic (exact) mass is 281 g/mol. The number of amides is 1. The molecular formula is C13H16FN3O3. The second-order valence-corrected chi connectivity index (χ2v) is 4.78. The van der Waals surface area contributed by atoms with E-state index in [1.54, 1.807) is 0 Å². The van der Waals surface area contributed by atoms with E-state index < -0.39 is 16.4 Å². The molecular weight excluding hydrogens is 265 g/mol. The Balaban J connectivity index is 1.69. The zero-order valence-electron chi connectivity index (χ0n) is 10.9. The van der Waals surface area contributed by atoms with Gasteiger partial charge in [0.25, 0.3) is 0 Å². The van der Waals surface area contributed by atoms with Crippen LogP contribution in [0.5, 0.6) is 0 Å². The first-order chi connectivity index (χ1) is 9.58. The molecule has 1 aromatic rings. The molecule has 2 N–H and O–H groups in total. The number of nitrogens with zero attached hydrogens (tertiary/aromatic N) is 1. The number of carbonyl (C=O) groups excluding carboxylic acids is 1. The van der Waals surface area contributed by atoms with Gasteiger partial charge >= 0.3 is 5.69 Å². The first-order valence-corrected chi connectivity index (χ1v) is 6.49.